The van der Waals surface area contributed by atoms with Gasteiger partial charge in [-0.2, -0.15) is 5.10 Å². The van der Waals surface area contributed by atoms with E-state index in [-0.39, 0.29) is 12.4 Å². The monoisotopic (exact) mass is 356 g/mol. The van der Waals surface area contributed by atoms with Crippen molar-refractivity contribution in [3.05, 3.63) is 75.7 Å². The molecule has 0 saturated carbocycles. The molecule has 3 aromatic rings. The zero-order chi connectivity index (χ0) is 17.6. The lowest BCUT2D eigenvalue weighted by atomic mass is 10.2. The number of carbonyl (C=O) groups is 1. The molecule has 0 bridgehead atoms. The van der Waals surface area contributed by atoms with Gasteiger partial charge in [-0.25, -0.2) is 14.8 Å². The molecule has 8 heteroatoms. The third kappa shape index (κ3) is 4.02. The molecule has 25 heavy (non-hydrogen) atoms. The number of hydrogen-bond donors (Lipinski definition) is 1. The first kappa shape index (κ1) is 16.7. The summed E-state index contributed by atoms with van der Waals surface area (Å²) in [5.74, 6) is -0.939. The number of amides is 1. The highest BCUT2D eigenvalue weighted by Gasteiger charge is 2.15. The number of hydrogen-bond acceptors (Lipinski definition) is 5. The summed E-state index contributed by atoms with van der Waals surface area (Å²) in [5.41, 5.74) is 3.68. The van der Waals surface area contributed by atoms with Crippen LogP contribution < -0.4 is 11.2 Å². The fourth-order valence-electron chi connectivity index (χ4n) is 2.14. The third-order valence-electron chi connectivity index (χ3n) is 3.32. The summed E-state index contributed by atoms with van der Waals surface area (Å²) in [6.45, 7) is -0.271. The zero-order valence-electron chi connectivity index (χ0n) is 12.9. The van der Waals surface area contributed by atoms with Crippen LogP contribution in [-0.4, -0.2) is 21.8 Å². The molecule has 0 radical (unpaired) electrons. The maximum absolute atomic E-state index is 12.0. The van der Waals surface area contributed by atoms with E-state index in [9.17, 15) is 9.59 Å². The summed E-state index contributed by atoms with van der Waals surface area (Å²) in [5, 5.41) is 8.07. The van der Waals surface area contributed by atoms with E-state index in [0.29, 0.717) is 16.1 Å². The number of benzene rings is 2. The van der Waals surface area contributed by atoms with Crippen molar-refractivity contribution in [3.63, 3.8) is 0 Å². The first-order chi connectivity index (χ1) is 12.1. The van der Waals surface area contributed by atoms with E-state index in [4.69, 9.17) is 11.6 Å². The Kier molecular flexibility index (Phi) is 5.06. The minimum atomic E-state index is -0.718. The lowest BCUT2D eigenvalue weighted by molar-refractivity contribution is -0.121. The minimum absolute atomic E-state index is 0.271. The SMILES string of the molecule is O=C(Cn1c(-c2ccccc2)noc1=O)N/N=C/c1ccccc1Cl. The predicted molar refractivity (Wildman–Crippen MR) is 93.4 cm³/mol. The fraction of sp³-hybridized carbons (Fsp3) is 0.0588. The Morgan fingerprint density at radius 3 is 2.68 bits per heavy atom. The van der Waals surface area contributed by atoms with Gasteiger partial charge < -0.3 is 0 Å². The van der Waals surface area contributed by atoms with Crippen molar-refractivity contribution in [3.8, 4) is 11.4 Å². The molecule has 3 rings (SSSR count). The van der Waals surface area contributed by atoms with Crippen molar-refractivity contribution in [1.82, 2.24) is 15.1 Å². The van der Waals surface area contributed by atoms with E-state index in [1.165, 1.54) is 6.21 Å². The standard InChI is InChI=1S/C17H13ClN4O3/c18-14-9-5-4-8-13(14)10-19-20-15(23)11-22-16(21-25-17(22)24)12-6-2-1-3-7-12/h1-10H,11H2,(H,20,23)/b19-10+. The fourth-order valence-corrected chi connectivity index (χ4v) is 2.32. The van der Waals surface area contributed by atoms with Crippen molar-refractivity contribution in [2.75, 3.05) is 0 Å². The average molecular weight is 357 g/mol. The van der Waals surface area contributed by atoms with E-state index in [0.717, 1.165) is 4.57 Å². The van der Waals surface area contributed by atoms with Gasteiger partial charge in [0.2, 0.25) is 0 Å². The van der Waals surface area contributed by atoms with E-state index in [2.05, 4.69) is 20.2 Å². The smallest absolute Gasteiger partial charge is 0.295 e. The van der Waals surface area contributed by atoms with Crippen LogP contribution in [0.2, 0.25) is 5.02 Å². The molecule has 0 atom stereocenters. The average Bonchev–Trinajstić information content (AvgIpc) is 2.98. The zero-order valence-corrected chi connectivity index (χ0v) is 13.7. The van der Waals surface area contributed by atoms with Crippen molar-refractivity contribution >= 4 is 23.7 Å². The predicted octanol–water partition coefficient (Wildman–Crippen LogP) is 2.31. The maximum atomic E-state index is 12.0. The molecule has 1 N–H and O–H groups in total. The van der Waals surface area contributed by atoms with Crippen LogP contribution >= 0.6 is 11.6 Å². The molecule has 0 unspecified atom stereocenters. The Balaban J connectivity index is 1.71. The summed E-state index contributed by atoms with van der Waals surface area (Å²) in [4.78, 5) is 23.8. The first-order valence-electron chi connectivity index (χ1n) is 7.33. The highest BCUT2D eigenvalue weighted by Crippen LogP contribution is 2.14. The van der Waals surface area contributed by atoms with Crippen LogP contribution in [0.5, 0.6) is 0 Å². The van der Waals surface area contributed by atoms with Crippen LogP contribution in [0.15, 0.2) is 69.0 Å². The Labute approximate surface area is 147 Å². The molecule has 0 aliphatic heterocycles. The number of hydrazone groups is 1. The lowest BCUT2D eigenvalue weighted by Gasteiger charge is -2.03. The second-order valence-corrected chi connectivity index (χ2v) is 5.45. The molecule has 1 heterocycles. The van der Waals surface area contributed by atoms with E-state index in [1.54, 1.807) is 48.5 Å². The Morgan fingerprint density at radius 1 is 1.20 bits per heavy atom. The molecule has 2 aromatic carbocycles. The summed E-state index contributed by atoms with van der Waals surface area (Å²) >= 11 is 5.99. The van der Waals surface area contributed by atoms with Crippen LogP contribution in [0.3, 0.4) is 0 Å². The van der Waals surface area contributed by atoms with Gasteiger partial charge in [0.05, 0.1) is 6.21 Å². The number of carbonyl (C=O) groups excluding carboxylic acids is 1. The van der Waals surface area contributed by atoms with E-state index < -0.39 is 11.7 Å². The summed E-state index contributed by atoms with van der Waals surface area (Å²) in [7, 11) is 0. The van der Waals surface area contributed by atoms with Gasteiger partial charge >= 0.3 is 5.76 Å². The van der Waals surface area contributed by atoms with Crippen molar-refractivity contribution in [2.24, 2.45) is 5.10 Å². The number of nitrogens with zero attached hydrogens (tertiary/aromatic N) is 3. The van der Waals surface area contributed by atoms with Crippen molar-refractivity contribution in [2.45, 2.75) is 6.54 Å². The molecular formula is C17H13ClN4O3. The van der Waals surface area contributed by atoms with Crippen LogP contribution in [0.25, 0.3) is 11.4 Å². The molecule has 1 aromatic heterocycles. The van der Waals surface area contributed by atoms with Gasteiger partial charge in [0.25, 0.3) is 5.91 Å². The maximum Gasteiger partial charge on any atom is 0.442 e. The van der Waals surface area contributed by atoms with Gasteiger partial charge in [0, 0.05) is 16.1 Å². The molecule has 7 nitrogen and oxygen atoms in total. The minimum Gasteiger partial charge on any atom is -0.295 e. The van der Waals surface area contributed by atoms with Crippen LogP contribution in [0.4, 0.5) is 0 Å². The molecule has 0 spiro atoms. The van der Waals surface area contributed by atoms with Crippen molar-refractivity contribution in [1.29, 1.82) is 0 Å². The van der Waals surface area contributed by atoms with E-state index in [1.807, 2.05) is 6.07 Å². The molecule has 0 aliphatic carbocycles. The summed E-state index contributed by atoms with van der Waals surface area (Å²) < 4.78 is 5.80. The van der Waals surface area contributed by atoms with E-state index >= 15 is 0 Å². The van der Waals surface area contributed by atoms with Gasteiger partial charge in [0.1, 0.15) is 6.54 Å². The van der Waals surface area contributed by atoms with Gasteiger partial charge in [-0.3, -0.25) is 9.32 Å². The number of nitrogens with one attached hydrogen (secondary N) is 1. The summed E-state index contributed by atoms with van der Waals surface area (Å²) in [6.07, 6.45) is 1.43. The first-order valence-corrected chi connectivity index (χ1v) is 7.71. The second-order valence-electron chi connectivity index (χ2n) is 5.04. The molecule has 1 amide bonds. The van der Waals surface area contributed by atoms with Crippen LogP contribution in [-0.2, 0) is 11.3 Å². The highest BCUT2D eigenvalue weighted by atomic mass is 35.5. The number of halogens is 1. The van der Waals surface area contributed by atoms with Gasteiger partial charge in [-0.05, 0) is 6.07 Å². The topological polar surface area (TPSA) is 89.5 Å². The Morgan fingerprint density at radius 2 is 1.92 bits per heavy atom. The summed E-state index contributed by atoms with van der Waals surface area (Å²) in [6, 6.07) is 16.0. The third-order valence-corrected chi connectivity index (χ3v) is 3.66. The molecule has 0 saturated heterocycles. The van der Waals surface area contributed by atoms with Gasteiger partial charge in [-0.1, -0.05) is 65.3 Å². The number of aromatic nitrogens is 2. The molecule has 126 valence electrons. The lowest BCUT2D eigenvalue weighted by Crippen LogP contribution is -2.28. The quantitative estimate of drug-likeness (QED) is 0.561. The van der Waals surface area contributed by atoms with Crippen LogP contribution in [0.1, 0.15) is 5.56 Å². The second kappa shape index (κ2) is 7.59. The normalized spacial score (nSPS) is 10.9. The largest absolute Gasteiger partial charge is 0.442 e. The Bertz CT molecular complexity index is 963. The Hall–Kier alpha value is -3.19. The van der Waals surface area contributed by atoms with Gasteiger partial charge in [-0.15, -0.1) is 0 Å². The molecule has 0 fully saturated rings. The van der Waals surface area contributed by atoms with Crippen LogP contribution in [0, 0.1) is 0 Å². The highest BCUT2D eigenvalue weighted by molar-refractivity contribution is 6.33. The molecule has 0 aliphatic rings. The van der Waals surface area contributed by atoms with Gasteiger partial charge in [0.15, 0.2) is 5.82 Å². The van der Waals surface area contributed by atoms with Crippen molar-refractivity contribution < 1.29 is 9.32 Å². The molecular weight excluding hydrogens is 344 g/mol. The number of rotatable bonds is 5.